The van der Waals surface area contributed by atoms with Crippen molar-refractivity contribution in [2.75, 3.05) is 17.2 Å². The number of hydrogen-bond donors (Lipinski definition) is 3. The standard InChI is InChI=1S/C4H8N4S2/c5-3-6-4(8-7-3)10-2-1-9/h9H,1-2H2,(H3,5,6,7,8). The van der Waals surface area contributed by atoms with Gasteiger partial charge in [0.25, 0.3) is 0 Å². The molecule has 0 amide bonds. The van der Waals surface area contributed by atoms with Gasteiger partial charge in [0.15, 0.2) is 0 Å². The Morgan fingerprint density at radius 3 is 3.00 bits per heavy atom. The molecule has 0 unspecified atom stereocenters. The maximum absolute atomic E-state index is 5.29. The minimum atomic E-state index is 0.363. The van der Waals surface area contributed by atoms with Crippen LogP contribution in [0.25, 0.3) is 0 Å². The largest absolute Gasteiger partial charge is 0.368 e. The van der Waals surface area contributed by atoms with Crippen LogP contribution in [-0.4, -0.2) is 26.7 Å². The first-order valence-electron chi connectivity index (χ1n) is 2.74. The van der Waals surface area contributed by atoms with E-state index in [2.05, 4.69) is 27.8 Å². The molecular weight excluding hydrogens is 168 g/mol. The van der Waals surface area contributed by atoms with Gasteiger partial charge in [-0.2, -0.15) is 17.6 Å². The molecule has 1 aromatic heterocycles. The number of nitrogens with zero attached hydrogens (tertiary/aromatic N) is 2. The van der Waals surface area contributed by atoms with Crippen molar-refractivity contribution in [2.24, 2.45) is 0 Å². The Morgan fingerprint density at radius 1 is 1.70 bits per heavy atom. The van der Waals surface area contributed by atoms with E-state index in [-0.39, 0.29) is 0 Å². The zero-order chi connectivity index (χ0) is 7.40. The summed E-state index contributed by atoms with van der Waals surface area (Å²) in [5.74, 6) is 2.08. The van der Waals surface area contributed by atoms with E-state index in [9.17, 15) is 0 Å². The molecule has 0 aliphatic rings. The van der Waals surface area contributed by atoms with Crippen LogP contribution < -0.4 is 5.73 Å². The third kappa shape index (κ3) is 2.11. The third-order valence-corrected chi connectivity index (χ3v) is 2.18. The van der Waals surface area contributed by atoms with Gasteiger partial charge in [-0.25, -0.2) is 5.10 Å². The van der Waals surface area contributed by atoms with Gasteiger partial charge in [-0.1, -0.05) is 11.8 Å². The summed E-state index contributed by atoms with van der Waals surface area (Å²) in [4.78, 5) is 3.89. The predicted octanol–water partition coefficient (Wildman–Crippen LogP) is 0.409. The summed E-state index contributed by atoms with van der Waals surface area (Å²) in [7, 11) is 0. The van der Waals surface area contributed by atoms with Crippen LogP contribution in [0.1, 0.15) is 0 Å². The van der Waals surface area contributed by atoms with Crippen LogP contribution in [0.2, 0.25) is 0 Å². The zero-order valence-corrected chi connectivity index (χ0v) is 6.95. The fourth-order valence-corrected chi connectivity index (χ4v) is 1.28. The molecule has 0 bridgehead atoms. The Kier molecular flexibility index (Phi) is 2.88. The highest BCUT2D eigenvalue weighted by molar-refractivity contribution is 7.99. The second-order valence-electron chi connectivity index (χ2n) is 1.58. The summed E-state index contributed by atoms with van der Waals surface area (Å²) in [5, 5.41) is 7.06. The van der Waals surface area contributed by atoms with Crippen LogP contribution in [0, 0.1) is 0 Å². The van der Waals surface area contributed by atoms with Gasteiger partial charge in [0.05, 0.1) is 0 Å². The van der Waals surface area contributed by atoms with Gasteiger partial charge in [-0.15, -0.1) is 5.10 Å². The van der Waals surface area contributed by atoms with Crippen molar-refractivity contribution in [2.45, 2.75) is 5.16 Å². The van der Waals surface area contributed by atoms with Crippen molar-refractivity contribution in [1.82, 2.24) is 15.2 Å². The minimum Gasteiger partial charge on any atom is -0.368 e. The van der Waals surface area contributed by atoms with E-state index in [0.717, 1.165) is 11.5 Å². The number of nitrogen functional groups attached to an aromatic ring is 1. The fraction of sp³-hybridized carbons (Fsp3) is 0.500. The average Bonchev–Trinajstić information content (AvgIpc) is 2.31. The van der Waals surface area contributed by atoms with Crippen LogP contribution in [0.4, 0.5) is 5.95 Å². The van der Waals surface area contributed by atoms with Crippen molar-refractivity contribution in [1.29, 1.82) is 0 Å². The highest BCUT2D eigenvalue weighted by Gasteiger charge is 1.97. The Bertz CT molecular complexity index is 199. The number of anilines is 1. The number of nitrogens with two attached hydrogens (primary N) is 1. The number of thiol groups is 1. The smallest absolute Gasteiger partial charge is 0.216 e. The van der Waals surface area contributed by atoms with Crippen LogP contribution in [-0.2, 0) is 0 Å². The molecular formula is C4H8N4S2. The van der Waals surface area contributed by atoms with E-state index in [1.54, 1.807) is 0 Å². The van der Waals surface area contributed by atoms with Gasteiger partial charge in [-0.3, -0.25) is 0 Å². The van der Waals surface area contributed by atoms with Gasteiger partial charge in [0.2, 0.25) is 11.1 Å². The van der Waals surface area contributed by atoms with Crippen LogP contribution in [0.3, 0.4) is 0 Å². The highest BCUT2D eigenvalue weighted by Crippen LogP contribution is 2.11. The maximum Gasteiger partial charge on any atom is 0.216 e. The lowest BCUT2D eigenvalue weighted by Gasteiger charge is -1.87. The van der Waals surface area contributed by atoms with E-state index in [1.165, 1.54) is 11.8 Å². The van der Waals surface area contributed by atoms with E-state index in [0.29, 0.717) is 11.1 Å². The normalized spacial score (nSPS) is 10.1. The maximum atomic E-state index is 5.29. The lowest BCUT2D eigenvalue weighted by atomic mass is 11.0. The molecule has 56 valence electrons. The molecule has 0 radical (unpaired) electrons. The summed E-state index contributed by atoms with van der Waals surface area (Å²) >= 11 is 5.57. The van der Waals surface area contributed by atoms with Gasteiger partial charge in [0.1, 0.15) is 0 Å². The Labute approximate surface area is 68.4 Å². The molecule has 1 aromatic rings. The lowest BCUT2D eigenvalue weighted by molar-refractivity contribution is 0.974. The van der Waals surface area contributed by atoms with Crippen LogP contribution in [0.15, 0.2) is 5.16 Å². The molecule has 0 spiro atoms. The van der Waals surface area contributed by atoms with Crippen molar-refractivity contribution in [3.05, 3.63) is 0 Å². The number of hydrogen-bond acceptors (Lipinski definition) is 5. The highest BCUT2D eigenvalue weighted by atomic mass is 32.2. The first-order chi connectivity index (χ1) is 4.83. The van der Waals surface area contributed by atoms with Crippen molar-refractivity contribution in [3.63, 3.8) is 0 Å². The molecule has 0 saturated carbocycles. The summed E-state index contributed by atoms with van der Waals surface area (Å²) < 4.78 is 0. The SMILES string of the molecule is Nc1nc(SCCS)n[nH]1. The molecule has 0 aromatic carbocycles. The number of rotatable bonds is 3. The van der Waals surface area contributed by atoms with E-state index >= 15 is 0 Å². The second kappa shape index (κ2) is 3.72. The predicted molar refractivity (Wildman–Crippen MR) is 45.4 cm³/mol. The summed E-state index contributed by atoms with van der Waals surface area (Å²) in [5.41, 5.74) is 5.29. The number of aromatic nitrogens is 3. The number of H-pyrrole nitrogens is 1. The van der Waals surface area contributed by atoms with Crippen molar-refractivity contribution in [3.8, 4) is 0 Å². The molecule has 0 aliphatic carbocycles. The second-order valence-corrected chi connectivity index (χ2v) is 3.08. The van der Waals surface area contributed by atoms with E-state index < -0.39 is 0 Å². The first-order valence-corrected chi connectivity index (χ1v) is 4.36. The molecule has 10 heavy (non-hydrogen) atoms. The molecule has 0 atom stereocenters. The summed E-state index contributed by atoms with van der Waals surface area (Å²) in [6, 6.07) is 0. The van der Waals surface area contributed by atoms with Crippen molar-refractivity contribution >= 4 is 30.3 Å². The molecule has 6 heteroatoms. The monoisotopic (exact) mass is 176 g/mol. The summed E-state index contributed by atoms with van der Waals surface area (Å²) in [6.07, 6.45) is 0. The van der Waals surface area contributed by atoms with E-state index in [1.807, 2.05) is 0 Å². The Morgan fingerprint density at radius 2 is 2.50 bits per heavy atom. The molecule has 4 nitrogen and oxygen atoms in total. The molecule has 0 fully saturated rings. The van der Waals surface area contributed by atoms with E-state index in [4.69, 9.17) is 5.73 Å². The van der Waals surface area contributed by atoms with Gasteiger partial charge < -0.3 is 5.73 Å². The van der Waals surface area contributed by atoms with Gasteiger partial charge in [0, 0.05) is 5.75 Å². The van der Waals surface area contributed by atoms with Gasteiger partial charge in [-0.05, 0) is 5.75 Å². The zero-order valence-electron chi connectivity index (χ0n) is 5.24. The molecule has 0 aliphatic heterocycles. The lowest BCUT2D eigenvalue weighted by Crippen LogP contribution is -1.85. The summed E-state index contributed by atoms with van der Waals surface area (Å²) in [6.45, 7) is 0. The third-order valence-electron chi connectivity index (χ3n) is 0.805. The topological polar surface area (TPSA) is 67.6 Å². The Balaban J connectivity index is 2.42. The van der Waals surface area contributed by atoms with Gasteiger partial charge >= 0.3 is 0 Å². The molecule has 0 saturated heterocycles. The fourth-order valence-electron chi connectivity index (χ4n) is 0.460. The number of aromatic amines is 1. The average molecular weight is 176 g/mol. The molecule has 1 heterocycles. The quantitative estimate of drug-likeness (QED) is 0.461. The number of thioether (sulfide) groups is 1. The molecule has 3 N–H and O–H groups in total. The van der Waals surface area contributed by atoms with Crippen LogP contribution >= 0.6 is 24.4 Å². The Hall–Kier alpha value is -0.360. The number of nitrogens with one attached hydrogen (secondary N) is 1. The van der Waals surface area contributed by atoms with Crippen molar-refractivity contribution < 1.29 is 0 Å². The molecule has 1 rings (SSSR count). The first kappa shape index (κ1) is 7.74. The minimum absolute atomic E-state index is 0.363. The van der Waals surface area contributed by atoms with Crippen LogP contribution in [0.5, 0.6) is 0 Å².